The first-order valence-electron chi connectivity index (χ1n) is 10.1. The minimum absolute atomic E-state index is 0.109. The van der Waals surface area contributed by atoms with Crippen molar-refractivity contribution in [1.82, 2.24) is 9.47 Å². The summed E-state index contributed by atoms with van der Waals surface area (Å²) in [4.78, 5) is 27.6. The number of hydrogen-bond donors (Lipinski definition) is 0. The van der Waals surface area contributed by atoms with Crippen LogP contribution < -0.4 is 0 Å². The summed E-state index contributed by atoms with van der Waals surface area (Å²) >= 11 is 0. The summed E-state index contributed by atoms with van der Waals surface area (Å²) in [5.41, 5.74) is 4.13. The first kappa shape index (κ1) is 20.2. The Morgan fingerprint density at radius 1 is 1.18 bits per heavy atom. The zero-order chi connectivity index (χ0) is 20.3. The molecular weight excluding hydrogens is 352 g/mol. The van der Waals surface area contributed by atoms with Crippen molar-refractivity contribution >= 4 is 11.9 Å². The van der Waals surface area contributed by atoms with Gasteiger partial charge >= 0.3 is 5.97 Å². The van der Waals surface area contributed by atoms with Crippen LogP contribution in [-0.4, -0.2) is 41.0 Å². The first-order chi connectivity index (χ1) is 13.4. The Morgan fingerprint density at radius 2 is 1.89 bits per heavy atom. The lowest BCUT2D eigenvalue weighted by molar-refractivity contribution is -0.133. The number of carbonyl (C=O) groups is 2. The predicted octanol–water partition coefficient (Wildman–Crippen LogP) is 4.21. The van der Waals surface area contributed by atoms with Crippen LogP contribution in [0.5, 0.6) is 0 Å². The van der Waals surface area contributed by atoms with Crippen molar-refractivity contribution in [3.8, 4) is 11.3 Å². The van der Waals surface area contributed by atoms with E-state index in [-0.39, 0.29) is 18.4 Å². The second kappa shape index (κ2) is 8.63. The molecule has 5 nitrogen and oxygen atoms in total. The van der Waals surface area contributed by atoms with Crippen LogP contribution in [0.2, 0.25) is 0 Å². The molecule has 5 heteroatoms. The lowest BCUT2D eigenvalue weighted by Gasteiger charge is -2.31. The highest BCUT2D eigenvalue weighted by Gasteiger charge is 2.27. The number of rotatable bonds is 5. The van der Waals surface area contributed by atoms with E-state index in [1.54, 1.807) is 6.92 Å². The number of ether oxygens (including phenoxy) is 1. The highest BCUT2D eigenvalue weighted by molar-refractivity contribution is 5.95. The van der Waals surface area contributed by atoms with Gasteiger partial charge in [0.25, 0.3) is 0 Å². The summed E-state index contributed by atoms with van der Waals surface area (Å²) in [5, 5.41) is 0. The molecule has 2 aromatic rings. The van der Waals surface area contributed by atoms with E-state index in [2.05, 4.69) is 6.92 Å². The zero-order valence-corrected chi connectivity index (χ0v) is 17.3. The number of hydrogen-bond acceptors (Lipinski definition) is 3. The topological polar surface area (TPSA) is 51.5 Å². The maximum atomic E-state index is 13.1. The van der Waals surface area contributed by atoms with E-state index >= 15 is 0 Å². The normalized spacial score (nSPS) is 16.9. The fraction of sp³-hybridized carbons (Fsp3) is 0.478. The standard InChI is InChI=1S/C23H30N2O3/c1-5-28-23(27)21-17(3)22(19-11-7-6-8-12-19)25(18(21)4)15-20(26)24-13-9-10-16(2)14-24/h6-8,11-12,16H,5,9-10,13-15H2,1-4H3/t16-/m0/s1. The molecule has 0 bridgehead atoms. The molecule has 0 aliphatic carbocycles. The summed E-state index contributed by atoms with van der Waals surface area (Å²) in [6.07, 6.45) is 2.23. The number of benzene rings is 1. The van der Waals surface area contributed by atoms with E-state index in [0.717, 1.165) is 42.0 Å². The number of piperidine rings is 1. The second-order valence-electron chi connectivity index (χ2n) is 7.69. The van der Waals surface area contributed by atoms with Crippen molar-refractivity contribution in [2.75, 3.05) is 19.7 Å². The summed E-state index contributed by atoms with van der Waals surface area (Å²) in [5.74, 6) is 0.318. The van der Waals surface area contributed by atoms with Crippen molar-refractivity contribution < 1.29 is 14.3 Å². The molecule has 0 spiro atoms. The largest absolute Gasteiger partial charge is 0.462 e. The van der Waals surface area contributed by atoms with Gasteiger partial charge in [0.1, 0.15) is 6.54 Å². The van der Waals surface area contributed by atoms with Crippen LogP contribution in [0.25, 0.3) is 11.3 Å². The van der Waals surface area contributed by atoms with E-state index in [9.17, 15) is 9.59 Å². The Morgan fingerprint density at radius 3 is 2.54 bits per heavy atom. The van der Waals surface area contributed by atoms with Crippen molar-refractivity contribution in [3.63, 3.8) is 0 Å². The molecule has 3 rings (SSSR count). The molecule has 2 heterocycles. The molecule has 1 aliphatic heterocycles. The van der Waals surface area contributed by atoms with Crippen LogP contribution in [0.1, 0.15) is 48.3 Å². The summed E-state index contributed by atoms with van der Waals surface area (Å²) in [6.45, 7) is 10.0. The van der Waals surface area contributed by atoms with Crippen LogP contribution in [0.3, 0.4) is 0 Å². The molecule has 1 amide bonds. The van der Waals surface area contributed by atoms with Gasteiger partial charge in [0.05, 0.1) is 17.9 Å². The second-order valence-corrected chi connectivity index (χ2v) is 7.69. The number of likely N-dealkylation sites (tertiary alicyclic amines) is 1. The minimum Gasteiger partial charge on any atom is -0.462 e. The van der Waals surface area contributed by atoms with Crippen molar-refractivity contribution in [2.24, 2.45) is 5.92 Å². The number of carbonyl (C=O) groups excluding carboxylic acids is 2. The Bertz CT molecular complexity index is 854. The van der Waals surface area contributed by atoms with Crippen molar-refractivity contribution in [2.45, 2.75) is 47.1 Å². The molecule has 0 N–H and O–H groups in total. The van der Waals surface area contributed by atoms with Crippen LogP contribution in [0.15, 0.2) is 30.3 Å². The maximum Gasteiger partial charge on any atom is 0.340 e. The Hall–Kier alpha value is -2.56. The number of amides is 1. The third kappa shape index (κ3) is 3.98. The molecule has 0 saturated carbocycles. The van der Waals surface area contributed by atoms with Crippen molar-refractivity contribution in [1.29, 1.82) is 0 Å². The fourth-order valence-electron chi connectivity index (χ4n) is 4.22. The highest BCUT2D eigenvalue weighted by Crippen LogP contribution is 2.32. The monoisotopic (exact) mass is 382 g/mol. The maximum absolute atomic E-state index is 13.1. The van der Waals surface area contributed by atoms with Crippen molar-refractivity contribution in [3.05, 3.63) is 47.2 Å². The van der Waals surface area contributed by atoms with Crippen LogP contribution in [0, 0.1) is 19.8 Å². The van der Waals surface area contributed by atoms with Gasteiger partial charge < -0.3 is 14.2 Å². The van der Waals surface area contributed by atoms with Gasteiger partial charge in [-0.2, -0.15) is 0 Å². The fourth-order valence-corrected chi connectivity index (χ4v) is 4.22. The minimum atomic E-state index is -0.326. The predicted molar refractivity (Wildman–Crippen MR) is 110 cm³/mol. The Labute approximate surface area is 167 Å². The van der Waals surface area contributed by atoms with Gasteiger partial charge in [-0.05, 0) is 50.7 Å². The average molecular weight is 383 g/mol. The third-order valence-electron chi connectivity index (χ3n) is 5.60. The molecule has 1 saturated heterocycles. The SMILES string of the molecule is CCOC(=O)c1c(C)c(-c2ccccc2)n(CC(=O)N2CCC[C@H](C)C2)c1C. The quantitative estimate of drug-likeness (QED) is 0.728. The van der Waals surface area contributed by atoms with Gasteiger partial charge in [-0.15, -0.1) is 0 Å². The first-order valence-corrected chi connectivity index (χ1v) is 10.1. The molecule has 1 fully saturated rings. The van der Waals surface area contributed by atoms with E-state index in [0.29, 0.717) is 18.1 Å². The molecule has 150 valence electrons. The summed E-state index contributed by atoms with van der Waals surface area (Å²) in [6, 6.07) is 9.94. The molecule has 0 unspecified atom stereocenters. The molecule has 1 aromatic heterocycles. The molecule has 1 atom stereocenters. The molecule has 1 aromatic carbocycles. The van der Waals surface area contributed by atoms with Crippen LogP contribution in [0.4, 0.5) is 0 Å². The van der Waals surface area contributed by atoms with E-state index in [4.69, 9.17) is 4.74 Å². The van der Waals surface area contributed by atoms with Gasteiger partial charge in [-0.1, -0.05) is 37.3 Å². The Kier molecular flexibility index (Phi) is 6.22. The van der Waals surface area contributed by atoms with Gasteiger partial charge in [0.15, 0.2) is 0 Å². The smallest absolute Gasteiger partial charge is 0.340 e. The van der Waals surface area contributed by atoms with Crippen LogP contribution in [-0.2, 0) is 16.1 Å². The van der Waals surface area contributed by atoms with Gasteiger partial charge in [0, 0.05) is 18.8 Å². The lowest BCUT2D eigenvalue weighted by Crippen LogP contribution is -2.41. The summed E-state index contributed by atoms with van der Waals surface area (Å²) < 4.78 is 7.27. The summed E-state index contributed by atoms with van der Waals surface area (Å²) in [7, 11) is 0. The number of aromatic nitrogens is 1. The van der Waals surface area contributed by atoms with Gasteiger partial charge in [-0.25, -0.2) is 4.79 Å². The van der Waals surface area contributed by atoms with Gasteiger partial charge in [0.2, 0.25) is 5.91 Å². The molecule has 28 heavy (non-hydrogen) atoms. The van der Waals surface area contributed by atoms with E-state index in [1.807, 2.05) is 53.6 Å². The van der Waals surface area contributed by atoms with Crippen LogP contribution >= 0.6 is 0 Å². The van der Waals surface area contributed by atoms with E-state index < -0.39 is 0 Å². The average Bonchev–Trinajstić information content (AvgIpc) is 2.92. The Balaban J connectivity index is 2.02. The third-order valence-corrected chi connectivity index (χ3v) is 5.60. The lowest BCUT2D eigenvalue weighted by atomic mass is 10.0. The molecule has 1 aliphatic rings. The number of nitrogens with zero attached hydrogens (tertiary/aromatic N) is 2. The molecular formula is C23H30N2O3. The molecule has 0 radical (unpaired) electrons. The number of esters is 1. The van der Waals surface area contributed by atoms with Gasteiger partial charge in [-0.3, -0.25) is 4.79 Å². The highest BCUT2D eigenvalue weighted by atomic mass is 16.5. The zero-order valence-electron chi connectivity index (χ0n) is 17.3. The van der Waals surface area contributed by atoms with E-state index in [1.165, 1.54) is 6.42 Å².